The van der Waals surface area contributed by atoms with Crippen LogP contribution in [0.3, 0.4) is 0 Å². The van der Waals surface area contributed by atoms with Crippen LogP contribution in [-0.2, 0) is 23.7 Å². The lowest BCUT2D eigenvalue weighted by Crippen LogP contribution is -2.65. The number of aliphatic hydroxyl groups excluding tert-OH is 8. The molecule has 12 unspecified atom stereocenters. The number of rotatable bonds is 66. The van der Waals surface area contributed by atoms with Crippen molar-refractivity contribution in [2.24, 2.45) is 0 Å². The fraction of sp³-hybridized carbons (Fsp3) is 0.863. The number of aliphatic hydroxyl groups is 8. The molecule has 14 heteroatoms. The Bertz CT molecular complexity index is 1810. The normalized spacial score (nSPS) is 22.7. The molecule has 0 bridgehead atoms. The lowest BCUT2D eigenvalue weighted by molar-refractivity contribution is -0.359. The van der Waals surface area contributed by atoms with Crippen molar-refractivity contribution in [3.05, 3.63) is 60.8 Å². The maximum absolute atomic E-state index is 13.3. The molecule has 2 rings (SSSR count). The third-order valence-electron chi connectivity index (χ3n) is 19.2. The first kappa shape index (κ1) is 87.8. The first-order chi connectivity index (χ1) is 46.1. The summed E-state index contributed by atoms with van der Waals surface area (Å²) in [5.41, 5.74) is 0. The van der Waals surface area contributed by atoms with Gasteiger partial charge in [-0.15, -0.1) is 0 Å². The Balaban J connectivity index is 1.56. The van der Waals surface area contributed by atoms with E-state index in [-0.39, 0.29) is 18.9 Å². The van der Waals surface area contributed by atoms with Crippen LogP contribution in [0, 0.1) is 0 Å². The molecule has 2 heterocycles. The van der Waals surface area contributed by atoms with Gasteiger partial charge in [-0.3, -0.25) is 4.79 Å². The highest BCUT2D eigenvalue weighted by molar-refractivity contribution is 5.76. The van der Waals surface area contributed by atoms with E-state index in [4.69, 9.17) is 18.9 Å². The van der Waals surface area contributed by atoms with E-state index in [1.807, 2.05) is 6.08 Å². The van der Waals surface area contributed by atoms with E-state index in [2.05, 4.69) is 67.8 Å². The van der Waals surface area contributed by atoms with E-state index in [0.717, 1.165) is 51.4 Å². The van der Waals surface area contributed by atoms with Crippen molar-refractivity contribution in [1.82, 2.24) is 5.32 Å². The van der Waals surface area contributed by atoms with Gasteiger partial charge in [-0.2, -0.15) is 0 Å². The van der Waals surface area contributed by atoms with Gasteiger partial charge in [0, 0.05) is 6.42 Å². The topological polar surface area (TPSA) is 228 Å². The summed E-state index contributed by atoms with van der Waals surface area (Å²) in [6.45, 7) is 2.80. The maximum Gasteiger partial charge on any atom is 0.220 e. The lowest BCUT2D eigenvalue weighted by Gasteiger charge is -2.46. The van der Waals surface area contributed by atoms with Crippen molar-refractivity contribution >= 4 is 5.91 Å². The molecule has 2 aliphatic rings. The van der Waals surface area contributed by atoms with Gasteiger partial charge in [0.15, 0.2) is 12.6 Å². The third kappa shape index (κ3) is 46.9. The zero-order valence-corrected chi connectivity index (χ0v) is 60.2. The van der Waals surface area contributed by atoms with Crippen molar-refractivity contribution in [3.8, 4) is 0 Å². The van der Waals surface area contributed by atoms with Gasteiger partial charge in [-0.25, -0.2) is 0 Å². The second-order valence-corrected chi connectivity index (χ2v) is 27.8. The van der Waals surface area contributed by atoms with E-state index in [1.165, 1.54) is 263 Å². The molecule has 1 amide bonds. The van der Waals surface area contributed by atoms with Crippen LogP contribution in [0.2, 0.25) is 0 Å². The van der Waals surface area contributed by atoms with E-state index >= 15 is 0 Å². The van der Waals surface area contributed by atoms with Crippen molar-refractivity contribution < 1.29 is 64.6 Å². The highest BCUT2D eigenvalue weighted by Gasteiger charge is 2.51. The highest BCUT2D eigenvalue weighted by Crippen LogP contribution is 2.30. The summed E-state index contributed by atoms with van der Waals surface area (Å²) in [7, 11) is 0. The number of hydrogen-bond acceptors (Lipinski definition) is 13. The molecule has 0 radical (unpaired) electrons. The Morgan fingerprint density at radius 2 is 0.713 bits per heavy atom. The number of nitrogens with one attached hydrogen (secondary N) is 1. The van der Waals surface area contributed by atoms with Crippen molar-refractivity contribution in [2.45, 2.75) is 421 Å². The largest absolute Gasteiger partial charge is 0.394 e. The van der Waals surface area contributed by atoms with Crippen LogP contribution in [0.1, 0.15) is 348 Å². The zero-order valence-electron chi connectivity index (χ0n) is 60.2. The summed E-state index contributed by atoms with van der Waals surface area (Å²) in [5, 5.41) is 87.5. The molecule has 2 saturated heterocycles. The van der Waals surface area contributed by atoms with E-state index in [0.29, 0.717) is 12.8 Å². The van der Waals surface area contributed by atoms with Gasteiger partial charge in [0.05, 0.1) is 32.0 Å². The van der Waals surface area contributed by atoms with Crippen LogP contribution in [0.25, 0.3) is 0 Å². The van der Waals surface area contributed by atoms with Crippen LogP contribution >= 0.6 is 0 Å². The van der Waals surface area contributed by atoms with Crippen LogP contribution in [0.4, 0.5) is 0 Å². The average Bonchev–Trinajstić information content (AvgIpc) is 0.794. The predicted molar refractivity (Wildman–Crippen MR) is 387 cm³/mol. The molecule has 0 spiro atoms. The molecule has 94 heavy (non-hydrogen) atoms. The second kappa shape index (κ2) is 64.1. The summed E-state index contributed by atoms with van der Waals surface area (Å²) in [4.78, 5) is 13.3. The molecule has 0 aromatic heterocycles. The minimum absolute atomic E-state index is 0.248. The Kier molecular flexibility index (Phi) is 59.8. The minimum atomic E-state index is -1.79. The molecule has 2 aliphatic heterocycles. The van der Waals surface area contributed by atoms with Gasteiger partial charge in [-0.05, 0) is 77.0 Å². The fourth-order valence-corrected chi connectivity index (χ4v) is 12.9. The summed E-state index contributed by atoms with van der Waals surface area (Å²) in [6.07, 6.45) is 70.4. The molecular formula is C80H147NO13. The number of allylic oxidation sites excluding steroid dienone is 9. The Morgan fingerprint density at radius 3 is 1.11 bits per heavy atom. The van der Waals surface area contributed by atoms with Gasteiger partial charge < -0.3 is 65.1 Å². The number of unbranched alkanes of at least 4 members (excludes halogenated alkanes) is 45. The molecule has 0 aromatic rings. The molecule has 0 saturated carbocycles. The Labute approximate surface area is 575 Å². The molecule has 0 aliphatic carbocycles. The number of amides is 1. The molecule has 2 fully saturated rings. The van der Waals surface area contributed by atoms with E-state index < -0.39 is 86.8 Å². The van der Waals surface area contributed by atoms with Crippen molar-refractivity contribution in [2.75, 3.05) is 19.8 Å². The van der Waals surface area contributed by atoms with E-state index in [9.17, 15) is 45.6 Å². The average molecular weight is 1330 g/mol. The van der Waals surface area contributed by atoms with Crippen molar-refractivity contribution in [3.63, 3.8) is 0 Å². The van der Waals surface area contributed by atoms with Gasteiger partial charge in [0.1, 0.15) is 48.8 Å². The molecule has 12 atom stereocenters. The van der Waals surface area contributed by atoms with Crippen LogP contribution in [0.15, 0.2) is 60.8 Å². The lowest BCUT2D eigenvalue weighted by atomic mass is 9.97. The van der Waals surface area contributed by atoms with Crippen LogP contribution in [0.5, 0.6) is 0 Å². The van der Waals surface area contributed by atoms with E-state index in [1.54, 1.807) is 6.08 Å². The van der Waals surface area contributed by atoms with Gasteiger partial charge in [0.25, 0.3) is 0 Å². The SMILES string of the molecule is CCCCCCC/C=C\C/C=C\CCCCCCCCCCCCCCCCCCCCCCCCCCCCCCCC(=O)NC(COC1OC(CO)C(OC2OC(CO)C(O)C(O)C2O)C(O)C1O)C(O)/C=C/CC/C=C/CC/C=C/CCCCCCCCCCC. The quantitative estimate of drug-likeness (QED) is 0.0204. The maximum atomic E-state index is 13.3. The first-order valence-corrected chi connectivity index (χ1v) is 39.5. The number of carbonyl (C=O) groups excluding carboxylic acids is 1. The van der Waals surface area contributed by atoms with Gasteiger partial charge in [0.2, 0.25) is 5.91 Å². The Hall–Kier alpha value is -2.31. The number of ether oxygens (including phenoxy) is 4. The Morgan fingerprint density at radius 1 is 0.383 bits per heavy atom. The molecule has 550 valence electrons. The first-order valence-electron chi connectivity index (χ1n) is 39.5. The monoisotopic (exact) mass is 1330 g/mol. The summed E-state index contributed by atoms with van der Waals surface area (Å²) in [5.74, 6) is -0.248. The third-order valence-corrected chi connectivity index (χ3v) is 19.2. The minimum Gasteiger partial charge on any atom is -0.394 e. The van der Waals surface area contributed by atoms with Gasteiger partial charge in [-0.1, -0.05) is 325 Å². The summed E-state index contributed by atoms with van der Waals surface area (Å²) >= 11 is 0. The summed E-state index contributed by atoms with van der Waals surface area (Å²) in [6, 6.07) is -0.939. The zero-order chi connectivity index (χ0) is 68.0. The van der Waals surface area contributed by atoms with Gasteiger partial charge >= 0.3 is 0 Å². The van der Waals surface area contributed by atoms with Crippen LogP contribution in [-0.4, -0.2) is 140 Å². The molecule has 0 aromatic carbocycles. The number of carbonyl (C=O) groups is 1. The fourth-order valence-electron chi connectivity index (χ4n) is 12.9. The second-order valence-electron chi connectivity index (χ2n) is 27.8. The highest BCUT2D eigenvalue weighted by atomic mass is 16.7. The standard InChI is InChI=1S/C80H147NO13/c1-3-5-7-9-11-13-15-17-19-21-23-24-25-26-27-28-29-30-31-32-33-34-35-36-37-38-39-40-41-42-43-44-46-48-50-52-54-56-58-60-62-64-72(85)81-68(69(84)63-61-59-57-55-53-51-49-47-45-22-20-18-16-14-12-10-8-6-4-2)67-91-79-77(90)75(88)78(71(66-83)93-79)94-80-76(89)74(87)73(86)70(65-82)92-80/h15,17,21,23,45,47,53,55,61,63,68-71,73-80,82-84,86-90H,3-14,16,18-20,22,24-44,46,48-52,54,56-60,62,64-67H2,1-2H3,(H,81,85)/b17-15-,23-21-,47-45+,55-53+,63-61+. The molecule has 14 nitrogen and oxygen atoms in total. The summed E-state index contributed by atoms with van der Waals surface area (Å²) < 4.78 is 22.9. The molecular weight excluding hydrogens is 1180 g/mol. The molecule has 9 N–H and O–H groups in total. The van der Waals surface area contributed by atoms with Crippen LogP contribution < -0.4 is 5.32 Å². The number of hydrogen-bond donors (Lipinski definition) is 9. The smallest absolute Gasteiger partial charge is 0.220 e. The predicted octanol–water partition coefficient (Wildman–Crippen LogP) is 17.6. The van der Waals surface area contributed by atoms with Crippen molar-refractivity contribution in [1.29, 1.82) is 0 Å².